The Hall–Kier alpha value is -1.22. The third kappa shape index (κ3) is 6.80. The van der Waals surface area contributed by atoms with E-state index in [0.717, 1.165) is 0 Å². The average molecular weight is 230 g/mol. The van der Waals surface area contributed by atoms with E-state index >= 15 is 0 Å². The van der Waals surface area contributed by atoms with Crippen LogP contribution in [-0.4, -0.2) is 35.0 Å². The molecule has 0 bridgehead atoms. The number of nitrogens with zero attached hydrogens (tertiary/aromatic N) is 1. The molecule has 0 aliphatic carbocycles. The van der Waals surface area contributed by atoms with Crippen LogP contribution in [0.15, 0.2) is 0 Å². The topological polar surface area (TPSA) is 90.2 Å². The molecule has 5 nitrogen and oxygen atoms in total. The van der Waals surface area contributed by atoms with Gasteiger partial charge in [0, 0.05) is 12.8 Å². The number of hydrogen-bond donors (Lipinski definition) is 2. The van der Waals surface area contributed by atoms with Crippen LogP contribution in [0.2, 0.25) is 0 Å². The summed E-state index contributed by atoms with van der Waals surface area (Å²) in [7, 11) is 0. The van der Waals surface area contributed by atoms with Gasteiger partial charge in [0.2, 0.25) is 5.91 Å². The number of amides is 1. The smallest absolute Gasteiger partial charge is 0.326 e. The van der Waals surface area contributed by atoms with Crippen molar-refractivity contribution in [1.82, 2.24) is 5.32 Å². The predicted molar refractivity (Wildman–Crippen MR) is 57.4 cm³/mol. The van der Waals surface area contributed by atoms with Gasteiger partial charge in [-0.05, 0) is 18.4 Å². The van der Waals surface area contributed by atoms with Crippen LogP contribution in [-0.2, 0) is 9.59 Å². The van der Waals surface area contributed by atoms with Crippen molar-refractivity contribution in [3.05, 3.63) is 0 Å². The second-order valence-electron chi connectivity index (χ2n) is 2.90. The first-order chi connectivity index (χ1) is 7.11. The van der Waals surface area contributed by atoms with Gasteiger partial charge in [-0.15, -0.1) is 0 Å². The van der Waals surface area contributed by atoms with Gasteiger partial charge in [-0.3, -0.25) is 4.79 Å². The molecule has 1 atom stereocenters. The van der Waals surface area contributed by atoms with Crippen molar-refractivity contribution in [2.75, 3.05) is 12.0 Å². The van der Waals surface area contributed by atoms with Gasteiger partial charge in [0.15, 0.2) is 0 Å². The van der Waals surface area contributed by atoms with Crippen molar-refractivity contribution in [2.45, 2.75) is 25.3 Å². The van der Waals surface area contributed by atoms with Crippen LogP contribution in [0.5, 0.6) is 0 Å². The molecule has 0 spiro atoms. The highest BCUT2D eigenvalue weighted by Gasteiger charge is 2.18. The van der Waals surface area contributed by atoms with Gasteiger partial charge in [0.05, 0.1) is 6.07 Å². The molecule has 0 aromatic carbocycles. The Kier molecular flexibility index (Phi) is 7.46. The number of aliphatic carboxylic acids is 1. The molecule has 0 aromatic rings. The number of carbonyl (C=O) groups excluding carboxylic acids is 1. The predicted octanol–water partition coefficient (Wildman–Crippen LogP) is 0.613. The third-order valence-electron chi connectivity index (χ3n) is 1.71. The zero-order valence-electron chi connectivity index (χ0n) is 8.52. The van der Waals surface area contributed by atoms with E-state index in [2.05, 4.69) is 5.32 Å². The van der Waals surface area contributed by atoms with E-state index in [-0.39, 0.29) is 18.7 Å². The molecule has 6 heteroatoms. The minimum Gasteiger partial charge on any atom is -0.480 e. The fraction of sp³-hybridized carbons (Fsp3) is 0.667. The maximum Gasteiger partial charge on any atom is 0.326 e. The van der Waals surface area contributed by atoms with E-state index in [0.29, 0.717) is 12.2 Å². The zero-order chi connectivity index (χ0) is 11.7. The number of nitrogens with one attached hydrogen (secondary N) is 1. The molecule has 1 unspecified atom stereocenters. The van der Waals surface area contributed by atoms with Gasteiger partial charge >= 0.3 is 5.97 Å². The molecule has 0 radical (unpaired) electrons. The Morgan fingerprint density at radius 3 is 2.73 bits per heavy atom. The van der Waals surface area contributed by atoms with E-state index in [9.17, 15) is 9.59 Å². The molecule has 0 fully saturated rings. The summed E-state index contributed by atoms with van der Waals surface area (Å²) >= 11 is 1.53. The van der Waals surface area contributed by atoms with Crippen molar-refractivity contribution in [1.29, 1.82) is 5.26 Å². The molecule has 15 heavy (non-hydrogen) atoms. The molecule has 0 saturated heterocycles. The third-order valence-corrected chi connectivity index (χ3v) is 2.35. The standard InChI is InChI=1S/C9H14N2O3S/c1-15-6-4-7(9(13)14)11-8(12)3-2-5-10/h7H,2-4,6H2,1H3,(H,11,12)(H,13,14). The second kappa shape index (κ2) is 8.12. The summed E-state index contributed by atoms with van der Waals surface area (Å²) in [5.74, 6) is -0.741. The minimum absolute atomic E-state index is 0.0551. The van der Waals surface area contributed by atoms with Crippen LogP contribution < -0.4 is 5.32 Å². The monoisotopic (exact) mass is 230 g/mol. The molecule has 1 amide bonds. The molecule has 0 aliphatic rings. The molecular formula is C9H14N2O3S. The summed E-state index contributed by atoms with van der Waals surface area (Å²) in [5.41, 5.74) is 0. The Morgan fingerprint density at radius 2 is 2.27 bits per heavy atom. The van der Waals surface area contributed by atoms with Gasteiger partial charge < -0.3 is 10.4 Å². The molecule has 0 saturated carbocycles. The van der Waals surface area contributed by atoms with E-state index in [1.807, 2.05) is 12.3 Å². The largest absolute Gasteiger partial charge is 0.480 e. The lowest BCUT2D eigenvalue weighted by Crippen LogP contribution is -2.41. The number of carboxylic acids is 1. The van der Waals surface area contributed by atoms with Crippen molar-refractivity contribution in [3.8, 4) is 6.07 Å². The lowest BCUT2D eigenvalue weighted by atomic mass is 10.2. The Morgan fingerprint density at radius 1 is 1.60 bits per heavy atom. The second-order valence-corrected chi connectivity index (χ2v) is 3.88. The van der Waals surface area contributed by atoms with Crippen molar-refractivity contribution in [2.24, 2.45) is 0 Å². The SMILES string of the molecule is CSCCC(NC(=O)CCC#N)C(=O)O. The molecule has 0 aromatic heterocycles. The van der Waals surface area contributed by atoms with Crippen LogP contribution in [0, 0.1) is 11.3 Å². The molecule has 0 heterocycles. The van der Waals surface area contributed by atoms with E-state index in [1.54, 1.807) is 0 Å². The van der Waals surface area contributed by atoms with Gasteiger partial charge in [0.1, 0.15) is 6.04 Å². The van der Waals surface area contributed by atoms with E-state index in [4.69, 9.17) is 10.4 Å². The number of hydrogen-bond acceptors (Lipinski definition) is 4. The Labute approximate surface area is 92.8 Å². The quantitative estimate of drug-likeness (QED) is 0.669. The van der Waals surface area contributed by atoms with Gasteiger partial charge in [-0.25, -0.2) is 4.79 Å². The molecule has 0 aliphatic heterocycles. The average Bonchev–Trinajstić information content (AvgIpc) is 2.20. The molecule has 2 N–H and O–H groups in total. The number of thioether (sulfide) groups is 1. The summed E-state index contributed by atoms with van der Waals surface area (Å²) in [6, 6.07) is 0.988. The first kappa shape index (κ1) is 13.8. The number of rotatable bonds is 7. The van der Waals surface area contributed by atoms with E-state index in [1.165, 1.54) is 11.8 Å². The minimum atomic E-state index is -1.03. The maximum atomic E-state index is 11.1. The maximum absolute atomic E-state index is 11.1. The van der Waals surface area contributed by atoms with Crippen LogP contribution in [0.4, 0.5) is 0 Å². The first-order valence-corrected chi connectivity index (χ1v) is 5.89. The highest BCUT2D eigenvalue weighted by Crippen LogP contribution is 2.01. The summed E-state index contributed by atoms with van der Waals surface area (Å²) in [6.07, 6.45) is 2.44. The fourth-order valence-electron chi connectivity index (χ4n) is 0.929. The van der Waals surface area contributed by atoms with Crippen molar-refractivity contribution in [3.63, 3.8) is 0 Å². The van der Waals surface area contributed by atoms with Crippen LogP contribution in [0.3, 0.4) is 0 Å². The number of carbonyl (C=O) groups is 2. The molecular weight excluding hydrogens is 216 g/mol. The lowest BCUT2D eigenvalue weighted by molar-refractivity contribution is -0.141. The Balaban J connectivity index is 3.99. The Bertz CT molecular complexity index is 263. The fourth-order valence-corrected chi connectivity index (χ4v) is 1.40. The highest BCUT2D eigenvalue weighted by molar-refractivity contribution is 7.98. The summed E-state index contributed by atoms with van der Waals surface area (Å²) in [6.45, 7) is 0. The normalized spacial score (nSPS) is 11.5. The highest BCUT2D eigenvalue weighted by atomic mass is 32.2. The lowest BCUT2D eigenvalue weighted by Gasteiger charge is -2.13. The van der Waals surface area contributed by atoms with E-state index < -0.39 is 12.0 Å². The van der Waals surface area contributed by atoms with Crippen LogP contribution >= 0.6 is 11.8 Å². The molecule has 84 valence electrons. The molecule has 0 rings (SSSR count). The van der Waals surface area contributed by atoms with Crippen molar-refractivity contribution >= 4 is 23.6 Å². The summed E-state index contributed by atoms with van der Waals surface area (Å²) in [5, 5.41) is 19.4. The van der Waals surface area contributed by atoms with Crippen LogP contribution in [0.25, 0.3) is 0 Å². The van der Waals surface area contributed by atoms with Gasteiger partial charge in [-0.1, -0.05) is 0 Å². The first-order valence-electron chi connectivity index (χ1n) is 4.50. The van der Waals surface area contributed by atoms with Crippen LogP contribution in [0.1, 0.15) is 19.3 Å². The zero-order valence-corrected chi connectivity index (χ0v) is 9.34. The number of nitriles is 1. The van der Waals surface area contributed by atoms with Gasteiger partial charge in [-0.2, -0.15) is 17.0 Å². The number of carboxylic acid groups (broad SMARTS) is 1. The van der Waals surface area contributed by atoms with Gasteiger partial charge in [0.25, 0.3) is 0 Å². The summed E-state index contributed by atoms with van der Waals surface area (Å²) in [4.78, 5) is 21.9. The summed E-state index contributed by atoms with van der Waals surface area (Å²) < 4.78 is 0. The van der Waals surface area contributed by atoms with Crippen molar-refractivity contribution < 1.29 is 14.7 Å².